The van der Waals surface area contributed by atoms with Crippen LogP contribution in [0.5, 0.6) is 5.75 Å². The van der Waals surface area contributed by atoms with Gasteiger partial charge in [0, 0.05) is 24.5 Å². The molecular weight excluding hydrogens is 308 g/mol. The minimum Gasteiger partial charge on any atom is -0.496 e. The molecule has 2 heterocycles. The molecule has 1 aromatic carbocycles. The molecule has 0 radical (unpaired) electrons. The highest BCUT2D eigenvalue weighted by molar-refractivity contribution is 7.18. The van der Waals surface area contributed by atoms with Gasteiger partial charge in [0.05, 0.1) is 7.11 Å². The molecule has 5 nitrogen and oxygen atoms in total. The van der Waals surface area contributed by atoms with E-state index >= 15 is 0 Å². The summed E-state index contributed by atoms with van der Waals surface area (Å²) in [6.45, 7) is 4.79. The van der Waals surface area contributed by atoms with Crippen molar-refractivity contribution < 1.29 is 4.74 Å². The maximum Gasteiger partial charge on any atom is 0.206 e. The van der Waals surface area contributed by atoms with Gasteiger partial charge >= 0.3 is 0 Å². The van der Waals surface area contributed by atoms with Crippen LogP contribution in [-0.2, 0) is 6.54 Å². The first kappa shape index (κ1) is 15.4. The molecule has 6 heteroatoms. The second-order valence-electron chi connectivity index (χ2n) is 5.26. The lowest BCUT2D eigenvalue weighted by atomic mass is 10.1. The van der Waals surface area contributed by atoms with E-state index in [9.17, 15) is 0 Å². The number of hydrogen-bond acceptors (Lipinski definition) is 6. The van der Waals surface area contributed by atoms with Gasteiger partial charge in [-0.25, -0.2) is 0 Å². The number of aryl methyl sites for hydroxylation is 2. The number of methoxy groups -OCH3 is 1. The highest BCUT2D eigenvalue weighted by atomic mass is 32.1. The summed E-state index contributed by atoms with van der Waals surface area (Å²) in [5.74, 6) is 0.925. The van der Waals surface area contributed by atoms with Crippen LogP contribution < -0.4 is 10.1 Å². The van der Waals surface area contributed by atoms with Gasteiger partial charge in [-0.15, -0.1) is 10.2 Å². The van der Waals surface area contributed by atoms with E-state index in [0.29, 0.717) is 6.54 Å². The molecule has 3 aromatic rings. The minimum absolute atomic E-state index is 0.706. The molecule has 0 amide bonds. The molecule has 118 valence electrons. The van der Waals surface area contributed by atoms with Crippen molar-refractivity contribution in [1.82, 2.24) is 15.2 Å². The number of rotatable bonds is 5. The van der Waals surface area contributed by atoms with Crippen LogP contribution in [0.2, 0.25) is 0 Å². The predicted molar refractivity (Wildman–Crippen MR) is 92.9 cm³/mol. The Morgan fingerprint density at radius 3 is 2.43 bits per heavy atom. The standard InChI is InChI=1S/C17H18N4OS/c1-11-8-14(9-12(2)15(11)22-3)16-20-21-17(23-16)19-10-13-4-6-18-7-5-13/h4-9H,10H2,1-3H3,(H,19,21). The predicted octanol–water partition coefficient (Wildman–Crippen LogP) is 3.84. The maximum atomic E-state index is 5.41. The van der Waals surface area contributed by atoms with Gasteiger partial charge < -0.3 is 10.1 Å². The van der Waals surface area contributed by atoms with Crippen molar-refractivity contribution in [3.8, 4) is 16.3 Å². The highest BCUT2D eigenvalue weighted by Crippen LogP contribution is 2.32. The Morgan fingerprint density at radius 1 is 1.09 bits per heavy atom. The van der Waals surface area contributed by atoms with Crippen LogP contribution in [0, 0.1) is 13.8 Å². The number of nitrogens with zero attached hydrogens (tertiary/aromatic N) is 3. The fraction of sp³-hybridized carbons (Fsp3) is 0.235. The van der Waals surface area contributed by atoms with Gasteiger partial charge in [0.2, 0.25) is 5.13 Å². The summed E-state index contributed by atoms with van der Waals surface area (Å²) < 4.78 is 5.41. The van der Waals surface area contributed by atoms with Crippen LogP contribution in [0.4, 0.5) is 5.13 Å². The number of aromatic nitrogens is 3. The summed E-state index contributed by atoms with van der Waals surface area (Å²) in [5.41, 5.74) is 4.43. The average molecular weight is 326 g/mol. The van der Waals surface area contributed by atoms with Crippen molar-refractivity contribution in [3.63, 3.8) is 0 Å². The monoisotopic (exact) mass is 326 g/mol. The summed E-state index contributed by atoms with van der Waals surface area (Å²) in [4.78, 5) is 4.01. The molecule has 23 heavy (non-hydrogen) atoms. The Kier molecular flexibility index (Phi) is 4.52. The Bertz CT molecular complexity index is 778. The van der Waals surface area contributed by atoms with Crippen LogP contribution >= 0.6 is 11.3 Å². The first-order chi connectivity index (χ1) is 11.2. The number of hydrogen-bond donors (Lipinski definition) is 1. The average Bonchev–Trinajstić information content (AvgIpc) is 3.02. The summed E-state index contributed by atoms with van der Waals surface area (Å²) in [6, 6.07) is 8.12. The Hall–Kier alpha value is -2.47. The van der Waals surface area contributed by atoms with E-state index in [-0.39, 0.29) is 0 Å². The second kappa shape index (κ2) is 6.75. The van der Waals surface area contributed by atoms with Crippen LogP contribution in [0.15, 0.2) is 36.7 Å². The van der Waals surface area contributed by atoms with E-state index in [1.807, 2.05) is 26.0 Å². The van der Waals surface area contributed by atoms with Crippen LogP contribution in [0.25, 0.3) is 10.6 Å². The smallest absolute Gasteiger partial charge is 0.206 e. The Labute approximate surface area is 139 Å². The maximum absolute atomic E-state index is 5.41. The van der Waals surface area contributed by atoms with E-state index in [4.69, 9.17) is 4.74 Å². The molecule has 0 atom stereocenters. The molecular formula is C17H18N4OS. The quantitative estimate of drug-likeness (QED) is 0.772. The van der Waals surface area contributed by atoms with Crippen molar-refractivity contribution in [2.45, 2.75) is 20.4 Å². The molecule has 0 aliphatic carbocycles. The topological polar surface area (TPSA) is 59.9 Å². The van der Waals surface area contributed by atoms with E-state index < -0.39 is 0 Å². The zero-order valence-electron chi connectivity index (χ0n) is 13.3. The molecule has 3 rings (SSSR count). The lowest BCUT2D eigenvalue weighted by Crippen LogP contribution is -1.98. The van der Waals surface area contributed by atoms with Gasteiger partial charge in [-0.3, -0.25) is 4.98 Å². The number of benzene rings is 1. The molecule has 0 saturated carbocycles. The highest BCUT2D eigenvalue weighted by Gasteiger charge is 2.11. The lowest BCUT2D eigenvalue weighted by Gasteiger charge is -2.09. The third-order valence-electron chi connectivity index (χ3n) is 3.53. The molecule has 0 spiro atoms. The summed E-state index contributed by atoms with van der Waals surface area (Å²) >= 11 is 1.55. The summed E-state index contributed by atoms with van der Waals surface area (Å²) in [5, 5.41) is 13.5. The van der Waals surface area contributed by atoms with Gasteiger partial charge in [0.25, 0.3) is 0 Å². The fourth-order valence-electron chi connectivity index (χ4n) is 2.49. The van der Waals surface area contributed by atoms with E-state index in [1.165, 1.54) is 0 Å². The van der Waals surface area contributed by atoms with Gasteiger partial charge in [0.1, 0.15) is 10.8 Å². The molecule has 1 N–H and O–H groups in total. The summed E-state index contributed by atoms with van der Waals surface area (Å²) in [6.07, 6.45) is 3.57. The summed E-state index contributed by atoms with van der Waals surface area (Å²) in [7, 11) is 1.70. The van der Waals surface area contributed by atoms with Gasteiger partial charge in [-0.1, -0.05) is 11.3 Å². The zero-order chi connectivity index (χ0) is 16.2. The largest absolute Gasteiger partial charge is 0.496 e. The normalized spacial score (nSPS) is 10.6. The first-order valence-electron chi connectivity index (χ1n) is 7.29. The SMILES string of the molecule is COc1c(C)cc(-c2nnc(NCc3ccncc3)s2)cc1C. The Morgan fingerprint density at radius 2 is 1.78 bits per heavy atom. The number of nitrogens with one attached hydrogen (secondary N) is 1. The molecule has 0 bridgehead atoms. The third-order valence-corrected chi connectivity index (χ3v) is 4.46. The fourth-order valence-corrected chi connectivity index (χ4v) is 3.21. The lowest BCUT2D eigenvalue weighted by molar-refractivity contribution is 0.408. The molecule has 0 saturated heterocycles. The molecule has 2 aromatic heterocycles. The van der Waals surface area contributed by atoms with Crippen molar-refractivity contribution >= 4 is 16.5 Å². The molecule has 0 aliphatic heterocycles. The van der Waals surface area contributed by atoms with Crippen LogP contribution in [0.1, 0.15) is 16.7 Å². The molecule has 0 fully saturated rings. The minimum atomic E-state index is 0.706. The van der Waals surface area contributed by atoms with Crippen molar-refractivity contribution in [2.24, 2.45) is 0 Å². The van der Waals surface area contributed by atoms with Crippen LogP contribution in [-0.4, -0.2) is 22.3 Å². The van der Waals surface area contributed by atoms with Crippen LogP contribution in [0.3, 0.4) is 0 Å². The van der Waals surface area contributed by atoms with Crippen molar-refractivity contribution in [3.05, 3.63) is 53.3 Å². The van der Waals surface area contributed by atoms with Gasteiger partial charge in [-0.05, 0) is 54.8 Å². The van der Waals surface area contributed by atoms with Crippen molar-refractivity contribution in [2.75, 3.05) is 12.4 Å². The number of pyridine rings is 1. The second-order valence-corrected chi connectivity index (χ2v) is 6.24. The van der Waals surface area contributed by atoms with E-state index in [2.05, 4.69) is 32.6 Å². The van der Waals surface area contributed by atoms with E-state index in [0.717, 1.165) is 38.1 Å². The van der Waals surface area contributed by atoms with Crippen molar-refractivity contribution in [1.29, 1.82) is 0 Å². The van der Waals surface area contributed by atoms with Gasteiger partial charge in [-0.2, -0.15) is 0 Å². The van der Waals surface area contributed by atoms with E-state index in [1.54, 1.807) is 30.8 Å². The Balaban J connectivity index is 1.77. The van der Waals surface area contributed by atoms with Gasteiger partial charge in [0.15, 0.2) is 0 Å². The molecule has 0 unspecified atom stereocenters. The third kappa shape index (κ3) is 3.48. The molecule has 0 aliphatic rings. The number of anilines is 1. The number of ether oxygens (including phenoxy) is 1. The zero-order valence-corrected chi connectivity index (χ0v) is 14.1. The first-order valence-corrected chi connectivity index (χ1v) is 8.11.